The van der Waals surface area contributed by atoms with Gasteiger partial charge in [0.1, 0.15) is 0 Å². The highest BCUT2D eigenvalue weighted by Crippen LogP contribution is 2.64. The lowest BCUT2D eigenvalue weighted by atomic mass is 9.36. The van der Waals surface area contributed by atoms with E-state index in [1.54, 1.807) is 0 Å². The van der Waals surface area contributed by atoms with Crippen molar-refractivity contribution in [1.82, 2.24) is 0 Å². The van der Waals surface area contributed by atoms with E-state index in [4.69, 9.17) is 0 Å². The molecule has 10 aromatic rings. The van der Waals surface area contributed by atoms with Crippen molar-refractivity contribution in [3.63, 3.8) is 0 Å². The third-order valence-corrected chi connectivity index (χ3v) is 17.1. The molecule has 4 aliphatic rings. The van der Waals surface area contributed by atoms with E-state index in [0.717, 1.165) is 5.69 Å². The lowest BCUT2D eigenvalue weighted by molar-refractivity contribution is 0.571. The van der Waals surface area contributed by atoms with Gasteiger partial charge < -0.3 is 9.80 Å². The van der Waals surface area contributed by atoms with Crippen LogP contribution in [0.5, 0.6) is 0 Å². The molecule has 9 aromatic carbocycles. The second-order valence-electron chi connectivity index (χ2n) is 22.1. The fraction of sp³-hybridized carbons (Fsp3) is 0.152. The van der Waals surface area contributed by atoms with Crippen molar-refractivity contribution < 1.29 is 0 Å². The molecule has 2 aliphatic carbocycles. The molecule has 70 heavy (non-hydrogen) atoms. The second-order valence-corrected chi connectivity index (χ2v) is 23.2. The maximum atomic E-state index is 2.60. The van der Waals surface area contributed by atoms with Gasteiger partial charge >= 0.3 is 0 Å². The molecule has 0 fully saturated rings. The minimum absolute atomic E-state index is 0.00813. The van der Waals surface area contributed by atoms with E-state index < -0.39 is 5.41 Å². The molecular formula is C66H53BN2S. The first-order valence-corrected chi connectivity index (χ1v) is 25.8. The average Bonchev–Trinajstić information content (AvgIpc) is 3.99. The van der Waals surface area contributed by atoms with E-state index in [1.807, 2.05) is 11.3 Å². The van der Waals surface area contributed by atoms with Gasteiger partial charge in [0.15, 0.2) is 0 Å². The number of benzene rings is 9. The Balaban J connectivity index is 1.08. The highest BCUT2D eigenvalue weighted by molar-refractivity contribution is 7.33. The zero-order chi connectivity index (χ0) is 47.4. The van der Waals surface area contributed by atoms with Crippen LogP contribution >= 0.6 is 11.3 Å². The van der Waals surface area contributed by atoms with Crippen LogP contribution in [0.25, 0.3) is 43.5 Å². The average molecular weight is 917 g/mol. The molecule has 3 heterocycles. The number of hydrogen-bond donors (Lipinski definition) is 0. The van der Waals surface area contributed by atoms with Gasteiger partial charge in [-0.15, -0.1) is 11.3 Å². The highest BCUT2D eigenvalue weighted by atomic mass is 32.1. The molecule has 4 heteroatoms. The van der Waals surface area contributed by atoms with Crippen LogP contribution in [0.15, 0.2) is 194 Å². The van der Waals surface area contributed by atoms with Crippen LogP contribution in [0.4, 0.5) is 34.1 Å². The van der Waals surface area contributed by atoms with Gasteiger partial charge in [-0.3, -0.25) is 0 Å². The summed E-state index contributed by atoms with van der Waals surface area (Å²) >= 11 is 2.00. The molecule has 0 saturated heterocycles. The molecule has 1 aromatic heterocycles. The first-order valence-electron chi connectivity index (χ1n) is 25.0. The first kappa shape index (κ1) is 41.6. The number of rotatable bonds is 3. The smallest absolute Gasteiger partial charge is 0.264 e. The molecule has 0 N–H and O–H groups in total. The molecular weight excluding hydrogens is 864 g/mol. The second kappa shape index (κ2) is 14.6. The number of hydrogen-bond acceptors (Lipinski definition) is 3. The molecule has 0 bridgehead atoms. The van der Waals surface area contributed by atoms with Crippen molar-refractivity contribution in [2.75, 3.05) is 9.80 Å². The van der Waals surface area contributed by atoms with Gasteiger partial charge in [-0.2, -0.15) is 0 Å². The van der Waals surface area contributed by atoms with Crippen molar-refractivity contribution in [3.8, 4) is 33.4 Å². The third kappa shape index (κ3) is 5.57. The fourth-order valence-corrected chi connectivity index (χ4v) is 14.5. The molecule has 0 saturated carbocycles. The maximum absolute atomic E-state index is 2.60. The van der Waals surface area contributed by atoms with Crippen LogP contribution in [0.2, 0.25) is 0 Å². The van der Waals surface area contributed by atoms with Gasteiger partial charge in [-0.05, 0) is 150 Å². The van der Waals surface area contributed by atoms with Crippen LogP contribution in [0.1, 0.15) is 80.5 Å². The predicted molar refractivity (Wildman–Crippen MR) is 300 cm³/mol. The molecule has 2 aliphatic heterocycles. The van der Waals surface area contributed by atoms with Crippen LogP contribution in [-0.2, 0) is 16.2 Å². The molecule has 0 unspecified atom stereocenters. The third-order valence-electron chi connectivity index (χ3n) is 15.9. The monoisotopic (exact) mass is 916 g/mol. The Labute approximate surface area is 416 Å². The van der Waals surface area contributed by atoms with Gasteiger partial charge in [0, 0.05) is 43.3 Å². The molecule has 0 atom stereocenters. The molecule has 2 nitrogen and oxygen atoms in total. The summed E-state index contributed by atoms with van der Waals surface area (Å²) in [5, 5.41) is 1.30. The SMILES string of the molecule is Cc1cc(C(C)(C)C)c(-c2ccc3c(c2)N(c2ccccc2)c2cccc4c2B3c2sc3cc5c(cc3c2N4c2ccccc2)-c2ccccc2C52c3ccccc3-c3ccccc32)c(C(C)(C)C)c1. The molecule has 336 valence electrons. The Bertz CT molecular complexity index is 3750. The van der Waals surface area contributed by atoms with Crippen molar-refractivity contribution >= 4 is 78.0 Å². The van der Waals surface area contributed by atoms with E-state index in [0.29, 0.717) is 0 Å². The Hall–Kier alpha value is -7.40. The Morgan fingerprint density at radius 1 is 0.457 bits per heavy atom. The van der Waals surface area contributed by atoms with Crippen LogP contribution in [0.3, 0.4) is 0 Å². The van der Waals surface area contributed by atoms with Crippen molar-refractivity contribution in [2.24, 2.45) is 0 Å². The predicted octanol–water partition coefficient (Wildman–Crippen LogP) is 15.9. The molecule has 1 spiro atoms. The van der Waals surface area contributed by atoms with E-state index in [1.165, 1.54) is 127 Å². The number of anilines is 6. The van der Waals surface area contributed by atoms with E-state index in [-0.39, 0.29) is 17.5 Å². The van der Waals surface area contributed by atoms with Crippen molar-refractivity contribution in [3.05, 3.63) is 233 Å². The minimum atomic E-state index is -0.412. The van der Waals surface area contributed by atoms with Crippen LogP contribution in [0, 0.1) is 6.92 Å². The zero-order valence-electron chi connectivity index (χ0n) is 40.9. The van der Waals surface area contributed by atoms with Gasteiger partial charge in [0.2, 0.25) is 0 Å². The summed E-state index contributed by atoms with van der Waals surface area (Å²) in [6, 6.07) is 74.2. The van der Waals surface area contributed by atoms with Gasteiger partial charge in [-0.25, -0.2) is 0 Å². The Morgan fingerprint density at radius 3 is 1.54 bits per heavy atom. The summed E-state index contributed by atoms with van der Waals surface area (Å²) in [6.07, 6.45) is 0. The Kier molecular flexibility index (Phi) is 8.65. The number of thiophene rings is 1. The van der Waals surface area contributed by atoms with Gasteiger partial charge in [-0.1, -0.05) is 187 Å². The fourth-order valence-electron chi connectivity index (χ4n) is 13.1. The van der Waals surface area contributed by atoms with Crippen LogP contribution in [-0.4, -0.2) is 6.71 Å². The summed E-state index contributed by atoms with van der Waals surface area (Å²) in [4.78, 5) is 5.15. The highest BCUT2D eigenvalue weighted by Gasteiger charge is 2.52. The quantitative estimate of drug-likeness (QED) is 0.163. The maximum Gasteiger partial charge on any atom is 0.264 e. The number of nitrogens with zero attached hydrogens (tertiary/aromatic N) is 2. The first-order chi connectivity index (χ1) is 33.9. The Morgan fingerprint density at radius 2 is 0.971 bits per heavy atom. The normalized spacial score (nSPS) is 14.5. The van der Waals surface area contributed by atoms with Gasteiger partial charge in [0.05, 0.1) is 11.1 Å². The van der Waals surface area contributed by atoms with E-state index >= 15 is 0 Å². The standard InChI is InChI=1S/C66H53BN2S/c1-40-35-53(64(2,3)4)60(54(36-40)65(5,6)7)41-33-34-55-58(37-41)68(42-21-10-8-11-22-42)56-31-20-32-57-61(56)67(55)63-62(69(57)43-23-12-9-13-24-43)48-38-47-46-27-16-19-30-51(46)66(52(47)39-59(48)70-63)49-28-17-14-25-44(49)45-26-15-18-29-50(45)66/h8-39H,1-7H3. The minimum Gasteiger partial charge on any atom is -0.311 e. The van der Waals surface area contributed by atoms with Crippen LogP contribution < -0.4 is 25.5 Å². The number of aryl methyl sites for hydroxylation is 1. The lowest BCUT2D eigenvalue weighted by Crippen LogP contribution is -2.60. The summed E-state index contributed by atoms with van der Waals surface area (Å²) in [5.41, 5.74) is 27.0. The number of fused-ring (bicyclic) bond motifs is 16. The molecule has 0 amide bonds. The topological polar surface area (TPSA) is 6.48 Å². The zero-order valence-corrected chi connectivity index (χ0v) is 41.7. The van der Waals surface area contributed by atoms with Crippen molar-refractivity contribution in [1.29, 1.82) is 0 Å². The molecule has 0 radical (unpaired) electrons. The summed E-state index contributed by atoms with van der Waals surface area (Å²) in [6.45, 7) is 16.5. The largest absolute Gasteiger partial charge is 0.311 e. The number of para-hydroxylation sites is 2. The summed E-state index contributed by atoms with van der Waals surface area (Å²) < 4.78 is 2.71. The molecule has 14 rings (SSSR count). The van der Waals surface area contributed by atoms with Gasteiger partial charge in [0.25, 0.3) is 6.71 Å². The summed E-state index contributed by atoms with van der Waals surface area (Å²) in [5.74, 6) is 0. The van der Waals surface area contributed by atoms with E-state index in [2.05, 4.69) is 252 Å². The van der Waals surface area contributed by atoms with E-state index in [9.17, 15) is 0 Å². The summed E-state index contributed by atoms with van der Waals surface area (Å²) in [7, 11) is 0. The lowest BCUT2D eigenvalue weighted by Gasteiger charge is -2.43. The van der Waals surface area contributed by atoms with Crippen molar-refractivity contribution in [2.45, 2.75) is 64.7 Å².